The van der Waals surface area contributed by atoms with Crippen LogP contribution in [0.4, 0.5) is 5.69 Å². The smallest absolute Gasteiger partial charge is 0.335 e. The minimum Gasteiger partial charge on any atom is -0.478 e. The van der Waals surface area contributed by atoms with E-state index in [0.717, 1.165) is 5.56 Å². The van der Waals surface area contributed by atoms with Gasteiger partial charge in [0.1, 0.15) is 0 Å². The van der Waals surface area contributed by atoms with Crippen LogP contribution in [0.1, 0.15) is 15.9 Å². The van der Waals surface area contributed by atoms with Gasteiger partial charge in [0, 0.05) is 16.8 Å². The first kappa shape index (κ1) is 15.3. The second-order valence-electron chi connectivity index (χ2n) is 4.16. The molecular weight excluding hydrogens is 314 g/mol. The summed E-state index contributed by atoms with van der Waals surface area (Å²) in [5, 5.41) is 20.6. The summed E-state index contributed by atoms with van der Waals surface area (Å²) in [6, 6.07) is 10.9. The Labute approximate surface area is 129 Å². The van der Waals surface area contributed by atoms with E-state index in [1.54, 1.807) is 12.1 Å². The molecule has 5 nitrogen and oxygen atoms in total. The van der Waals surface area contributed by atoms with Crippen LogP contribution in [0, 0.1) is 10.1 Å². The number of aromatic carboxylic acids is 1. The molecule has 0 unspecified atom stereocenters. The Balaban J connectivity index is 2.24. The van der Waals surface area contributed by atoms with E-state index in [1.807, 2.05) is 12.1 Å². The molecule has 0 aliphatic rings. The van der Waals surface area contributed by atoms with Crippen molar-refractivity contribution in [2.24, 2.45) is 0 Å². The zero-order valence-electron chi connectivity index (χ0n) is 10.7. The fourth-order valence-corrected chi connectivity index (χ4v) is 2.80. The molecule has 0 aromatic heterocycles. The topological polar surface area (TPSA) is 80.4 Å². The molecule has 0 saturated heterocycles. The number of thioether (sulfide) groups is 1. The summed E-state index contributed by atoms with van der Waals surface area (Å²) in [4.78, 5) is 21.7. The van der Waals surface area contributed by atoms with Crippen LogP contribution >= 0.6 is 23.4 Å². The van der Waals surface area contributed by atoms with E-state index in [-0.39, 0.29) is 11.3 Å². The van der Waals surface area contributed by atoms with E-state index in [0.29, 0.717) is 15.7 Å². The first-order chi connectivity index (χ1) is 9.97. The van der Waals surface area contributed by atoms with Crippen LogP contribution < -0.4 is 0 Å². The molecule has 0 atom stereocenters. The van der Waals surface area contributed by atoms with Crippen molar-refractivity contribution in [3.63, 3.8) is 0 Å². The second kappa shape index (κ2) is 6.60. The molecule has 0 bridgehead atoms. The number of hydrogen-bond donors (Lipinski definition) is 1. The third-order valence-corrected chi connectivity index (χ3v) is 4.08. The molecule has 0 fully saturated rings. The Morgan fingerprint density at radius 2 is 1.90 bits per heavy atom. The molecule has 2 aromatic rings. The van der Waals surface area contributed by atoms with Crippen LogP contribution in [0.5, 0.6) is 0 Å². The SMILES string of the molecule is O=C(O)c1ccc([N+](=O)[O-])c(SCc2ccc(Cl)cc2)c1. The van der Waals surface area contributed by atoms with Crippen LogP contribution in [0.2, 0.25) is 5.02 Å². The van der Waals surface area contributed by atoms with Gasteiger partial charge in [0.05, 0.1) is 15.4 Å². The summed E-state index contributed by atoms with van der Waals surface area (Å²) in [5.41, 5.74) is 0.873. The standard InChI is InChI=1S/C14H10ClNO4S/c15-11-4-1-9(2-5-11)8-21-13-7-10(14(17)18)3-6-12(13)16(19)20/h1-7H,8H2,(H,17,18). The maximum atomic E-state index is 11.0. The summed E-state index contributed by atoms with van der Waals surface area (Å²) in [6.07, 6.45) is 0. The van der Waals surface area contributed by atoms with Gasteiger partial charge in [-0.05, 0) is 29.8 Å². The summed E-state index contributed by atoms with van der Waals surface area (Å²) in [6.45, 7) is 0. The lowest BCUT2D eigenvalue weighted by Gasteiger charge is -2.05. The molecular formula is C14H10ClNO4S. The maximum Gasteiger partial charge on any atom is 0.335 e. The fourth-order valence-electron chi connectivity index (χ4n) is 1.66. The normalized spacial score (nSPS) is 10.3. The zero-order valence-corrected chi connectivity index (χ0v) is 12.2. The van der Waals surface area contributed by atoms with Gasteiger partial charge in [-0.25, -0.2) is 4.79 Å². The van der Waals surface area contributed by atoms with Crippen LogP contribution in [0.3, 0.4) is 0 Å². The quantitative estimate of drug-likeness (QED) is 0.505. The third-order valence-electron chi connectivity index (χ3n) is 2.71. The summed E-state index contributed by atoms with van der Waals surface area (Å²) in [7, 11) is 0. The minimum absolute atomic E-state index is 0.0270. The van der Waals surface area contributed by atoms with Crippen molar-refractivity contribution >= 4 is 35.0 Å². The molecule has 1 N–H and O–H groups in total. The number of nitro benzene ring substituents is 1. The van der Waals surface area contributed by atoms with Crippen molar-refractivity contribution in [2.75, 3.05) is 0 Å². The van der Waals surface area contributed by atoms with E-state index >= 15 is 0 Å². The molecule has 108 valence electrons. The highest BCUT2D eigenvalue weighted by molar-refractivity contribution is 7.98. The highest BCUT2D eigenvalue weighted by atomic mass is 35.5. The van der Waals surface area contributed by atoms with Crippen LogP contribution in [-0.4, -0.2) is 16.0 Å². The molecule has 2 aromatic carbocycles. The molecule has 0 amide bonds. The van der Waals surface area contributed by atoms with Gasteiger partial charge in [0.2, 0.25) is 0 Å². The first-order valence-electron chi connectivity index (χ1n) is 5.86. The summed E-state index contributed by atoms with van der Waals surface area (Å²) in [5.74, 6) is -0.626. The number of rotatable bonds is 5. The van der Waals surface area contributed by atoms with Crippen LogP contribution in [0.25, 0.3) is 0 Å². The zero-order chi connectivity index (χ0) is 15.4. The van der Waals surface area contributed by atoms with E-state index in [1.165, 1.54) is 30.0 Å². The minimum atomic E-state index is -1.11. The molecule has 2 rings (SSSR count). The van der Waals surface area contributed by atoms with Gasteiger partial charge in [-0.2, -0.15) is 0 Å². The van der Waals surface area contributed by atoms with Gasteiger partial charge in [-0.3, -0.25) is 10.1 Å². The van der Waals surface area contributed by atoms with E-state index in [2.05, 4.69) is 0 Å². The number of nitrogens with zero attached hydrogens (tertiary/aromatic N) is 1. The van der Waals surface area contributed by atoms with Crippen molar-refractivity contribution < 1.29 is 14.8 Å². The van der Waals surface area contributed by atoms with Crippen molar-refractivity contribution in [1.29, 1.82) is 0 Å². The van der Waals surface area contributed by atoms with Crippen molar-refractivity contribution in [3.05, 3.63) is 68.7 Å². The van der Waals surface area contributed by atoms with Gasteiger partial charge >= 0.3 is 5.97 Å². The number of hydrogen-bond acceptors (Lipinski definition) is 4. The fraction of sp³-hybridized carbons (Fsp3) is 0.0714. The van der Waals surface area contributed by atoms with E-state index in [9.17, 15) is 14.9 Å². The molecule has 0 radical (unpaired) electrons. The maximum absolute atomic E-state index is 11.0. The van der Waals surface area contributed by atoms with Gasteiger partial charge in [-0.1, -0.05) is 23.7 Å². The Kier molecular flexibility index (Phi) is 4.82. The average Bonchev–Trinajstić information content (AvgIpc) is 2.46. The summed E-state index contributed by atoms with van der Waals surface area (Å²) >= 11 is 7.01. The second-order valence-corrected chi connectivity index (χ2v) is 5.61. The number of carboxylic acid groups (broad SMARTS) is 1. The van der Waals surface area contributed by atoms with Crippen LogP contribution in [-0.2, 0) is 5.75 Å². The molecule has 0 heterocycles. The highest BCUT2D eigenvalue weighted by Crippen LogP contribution is 2.32. The Morgan fingerprint density at radius 1 is 1.24 bits per heavy atom. The third kappa shape index (κ3) is 3.96. The average molecular weight is 324 g/mol. The van der Waals surface area contributed by atoms with E-state index < -0.39 is 10.9 Å². The molecule has 0 saturated carbocycles. The molecule has 0 aliphatic heterocycles. The Bertz CT molecular complexity index is 688. The molecule has 7 heteroatoms. The van der Waals surface area contributed by atoms with Crippen molar-refractivity contribution in [3.8, 4) is 0 Å². The Hall–Kier alpha value is -2.05. The van der Waals surface area contributed by atoms with Gasteiger partial charge in [0.25, 0.3) is 5.69 Å². The van der Waals surface area contributed by atoms with Gasteiger partial charge in [0.15, 0.2) is 0 Å². The largest absolute Gasteiger partial charge is 0.478 e. The first-order valence-corrected chi connectivity index (χ1v) is 7.22. The number of halogens is 1. The lowest BCUT2D eigenvalue weighted by atomic mass is 10.2. The number of carbonyl (C=O) groups is 1. The molecule has 21 heavy (non-hydrogen) atoms. The predicted molar refractivity (Wildman–Crippen MR) is 81.1 cm³/mol. The van der Waals surface area contributed by atoms with Gasteiger partial charge in [-0.15, -0.1) is 11.8 Å². The highest BCUT2D eigenvalue weighted by Gasteiger charge is 2.17. The molecule has 0 aliphatic carbocycles. The van der Waals surface area contributed by atoms with Crippen molar-refractivity contribution in [1.82, 2.24) is 0 Å². The number of carboxylic acids is 1. The summed E-state index contributed by atoms with van der Waals surface area (Å²) < 4.78 is 0. The predicted octanol–water partition coefficient (Wildman–Crippen LogP) is 4.24. The number of benzene rings is 2. The van der Waals surface area contributed by atoms with Crippen molar-refractivity contribution in [2.45, 2.75) is 10.6 Å². The molecule has 0 spiro atoms. The lowest BCUT2D eigenvalue weighted by molar-refractivity contribution is -0.387. The van der Waals surface area contributed by atoms with Crippen LogP contribution in [0.15, 0.2) is 47.4 Å². The Morgan fingerprint density at radius 3 is 2.48 bits per heavy atom. The van der Waals surface area contributed by atoms with E-state index in [4.69, 9.17) is 16.7 Å². The van der Waals surface area contributed by atoms with Gasteiger partial charge < -0.3 is 5.11 Å². The lowest BCUT2D eigenvalue weighted by Crippen LogP contribution is -1.98. The monoisotopic (exact) mass is 323 g/mol. The number of nitro groups is 1.